The van der Waals surface area contributed by atoms with E-state index in [1.165, 1.54) is 25.0 Å². The number of carbonyl (C=O) groups is 1. The summed E-state index contributed by atoms with van der Waals surface area (Å²) in [7, 11) is 0. The molecule has 1 unspecified atom stereocenters. The topological polar surface area (TPSA) is 55.1 Å². The predicted octanol–water partition coefficient (Wildman–Crippen LogP) is 2.58. The zero-order chi connectivity index (χ0) is 14.0. The van der Waals surface area contributed by atoms with Crippen molar-refractivity contribution in [3.8, 4) is 0 Å². The van der Waals surface area contributed by atoms with Crippen LogP contribution in [0.4, 0.5) is 0 Å². The van der Waals surface area contributed by atoms with Crippen LogP contribution >= 0.6 is 24.0 Å². The number of unbranched alkanes of at least 4 members (excludes halogenated alkanes) is 3. The minimum Gasteiger partial charge on any atom is -0.393 e. The van der Waals surface area contributed by atoms with Crippen LogP contribution in [0.3, 0.4) is 0 Å². The van der Waals surface area contributed by atoms with Gasteiger partial charge in [0.25, 0.3) is 0 Å². The van der Waals surface area contributed by atoms with Gasteiger partial charge in [-0.05, 0) is 30.8 Å². The van der Waals surface area contributed by atoms with Crippen LogP contribution in [0.1, 0.15) is 39.5 Å². The van der Waals surface area contributed by atoms with E-state index >= 15 is 0 Å². The van der Waals surface area contributed by atoms with Gasteiger partial charge in [0.2, 0.25) is 5.91 Å². The summed E-state index contributed by atoms with van der Waals surface area (Å²) >= 11 is 6.82. The van der Waals surface area contributed by atoms with Gasteiger partial charge < -0.3 is 11.1 Å². The molecule has 0 aliphatic rings. The van der Waals surface area contributed by atoms with Crippen LogP contribution in [-0.2, 0) is 4.79 Å². The van der Waals surface area contributed by atoms with E-state index in [2.05, 4.69) is 11.6 Å². The molecule has 5 heteroatoms. The highest BCUT2D eigenvalue weighted by molar-refractivity contribution is 7.98. The van der Waals surface area contributed by atoms with Gasteiger partial charge >= 0.3 is 0 Å². The predicted molar refractivity (Wildman–Crippen MR) is 85.0 cm³/mol. The van der Waals surface area contributed by atoms with Crippen molar-refractivity contribution in [3.05, 3.63) is 0 Å². The Hall–Kier alpha value is -0.290. The van der Waals surface area contributed by atoms with Crippen LogP contribution in [0.2, 0.25) is 0 Å². The minimum atomic E-state index is -0.337. The standard InChI is InChI=1S/C13H26N2OS2/c1-10(2)11(12(14)17)13(16)15-8-6-4-5-7-9-18-3/h10-11H,4-9H2,1-3H3,(H2,14,17)(H,15,16). The zero-order valence-corrected chi connectivity index (χ0v) is 13.3. The summed E-state index contributed by atoms with van der Waals surface area (Å²) in [6, 6.07) is 0. The molecule has 3 nitrogen and oxygen atoms in total. The van der Waals surface area contributed by atoms with Crippen molar-refractivity contribution in [2.75, 3.05) is 18.6 Å². The Morgan fingerprint density at radius 3 is 2.39 bits per heavy atom. The zero-order valence-electron chi connectivity index (χ0n) is 11.7. The average molecular weight is 290 g/mol. The number of carbonyl (C=O) groups excluding carboxylic acids is 1. The van der Waals surface area contributed by atoms with E-state index in [1.807, 2.05) is 25.6 Å². The second-order valence-electron chi connectivity index (χ2n) is 4.82. The Kier molecular flexibility index (Phi) is 10.4. The average Bonchev–Trinajstić information content (AvgIpc) is 2.26. The maximum Gasteiger partial charge on any atom is 0.230 e. The van der Waals surface area contributed by atoms with Crippen molar-refractivity contribution < 1.29 is 4.79 Å². The first-order valence-electron chi connectivity index (χ1n) is 6.56. The van der Waals surface area contributed by atoms with Crippen LogP contribution in [0.5, 0.6) is 0 Å². The Balaban J connectivity index is 3.72. The summed E-state index contributed by atoms with van der Waals surface area (Å²) < 4.78 is 0. The van der Waals surface area contributed by atoms with Crippen molar-refractivity contribution in [2.24, 2.45) is 17.6 Å². The van der Waals surface area contributed by atoms with Crippen molar-refractivity contribution in [2.45, 2.75) is 39.5 Å². The maximum atomic E-state index is 11.9. The van der Waals surface area contributed by atoms with Gasteiger partial charge in [-0.15, -0.1) is 0 Å². The molecule has 0 aromatic carbocycles. The molecule has 0 saturated heterocycles. The summed E-state index contributed by atoms with van der Waals surface area (Å²) in [6.07, 6.45) is 6.82. The van der Waals surface area contributed by atoms with E-state index in [1.54, 1.807) is 0 Å². The summed E-state index contributed by atoms with van der Waals surface area (Å²) in [4.78, 5) is 12.2. The number of thioether (sulfide) groups is 1. The fourth-order valence-electron chi connectivity index (χ4n) is 1.81. The smallest absolute Gasteiger partial charge is 0.230 e. The third-order valence-corrected chi connectivity index (χ3v) is 3.78. The molecule has 0 bridgehead atoms. The summed E-state index contributed by atoms with van der Waals surface area (Å²) in [6.45, 7) is 4.65. The Morgan fingerprint density at radius 1 is 1.28 bits per heavy atom. The summed E-state index contributed by atoms with van der Waals surface area (Å²) in [5, 5.41) is 2.92. The molecule has 1 amide bonds. The van der Waals surface area contributed by atoms with E-state index in [9.17, 15) is 4.79 Å². The molecule has 0 spiro atoms. The normalized spacial score (nSPS) is 12.4. The lowest BCUT2D eigenvalue weighted by molar-refractivity contribution is -0.123. The van der Waals surface area contributed by atoms with E-state index < -0.39 is 0 Å². The lowest BCUT2D eigenvalue weighted by Gasteiger charge is -2.18. The van der Waals surface area contributed by atoms with Crippen LogP contribution in [0.25, 0.3) is 0 Å². The number of hydrogen-bond donors (Lipinski definition) is 2. The van der Waals surface area contributed by atoms with Gasteiger partial charge in [0.15, 0.2) is 0 Å². The largest absolute Gasteiger partial charge is 0.393 e. The van der Waals surface area contributed by atoms with Crippen molar-refractivity contribution in [1.29, 1.82) is 0 Å². The molecule has 0 rings (SSSR count). The highest BCUT2D eigenvalue weighted by atomic mass is 32.2. The van der Waals surface area contributed by atoms with Gasteiger partial charge in [0.05, 0.1) is 10.9 Å². The number of hydrogen-bond acceptors (Lipinski definition) is 3. The van der Waals surface area contributed by atoms with Crippen molar-refractivity contribution in [1.82, 2.24) is 5.32 Å². The monoisotopic (exact) mass is 290 g/mol. The molecule has 0 aliphatic carbocycles. The Bertz CT molecular complexity index is 257. The first-order chi connectivity index (χ1) is 8.50. The van der Waals surface area contributed by atoms with Crippen molar-refractivity contribution >= 4 is 34.9 Å². The molecular weight excluding hydrogens is 264 g/mol. The van der Waals surface area contributed by atoms with Crippen LogP contribution < -0.4 is 11.1 Å². The molecule has 0 aromatic heterocycles. The second kappa shape index (κ2) is 10.6. The number of nitrogens with two attached hydrogens (primary N) is 1. The fraction of sp³-hybridized carbons (Fsp3) is 0.846. The van der Waals surface area contributed by atoms with E-state index in [0.29, 0.717) is 4.99 Å². The molecule has 3 N–H and O–H groups in total. The SMILES string of the molecule is CSCCCCCCNC(=O)C(C(N)=S)C(C)C. The number of rotatable bonds is 10. The molecule has 0 aromatic rings. The molecule has 106 valence electrons. The Labute approximate surface area is 121 Å². The van der Waals surface area contributed by atoms with E-state index in [4.69, 9.17) is 18.0 Å². The van der Waals surface area contributed by atoms with Crippen LogP contribution in [-0.4, -0.2) is 29.4 Å². The molecule has 0 heterocycles. The molecule has 0 aliphatic heterocycles. The lowest BCUT2D eigenvalue weighted by Crippen LogP contribution is -2.41. The third-order valence-electron chi connectivity index (χ3n) is 2.83. The number of thiocarbonyl (C=S) groups is 1. The molecule has 0 fully saturated rings. The Morgan fingerprint density at radius 2 is 1.89 bits per heavy atom. The number of amides is 1. The van der Waals surface area contributed by atoms with Crippen LogP contribution in [0.15, 0.2) is 0 Å². The number of nitrogens with one attached hydrogen (secondary N) is 1. The highest BCUT2D eigenvalue weighted by Gasteiger charge is 2.24. The van der Waals surface area contributed by atoms with Crippen molar-refractivity contribution in [3.63, 3.8) is 0 Å². The molecular formula is C13H26N2OS2. The lowest BCUT2D eigenvalue weighted by atomic mass is 9.95. The van der Waals surface area contributed by atoms with Gasteiger partial charge in [0.1, 0.15) is 0 Å². The summed E-state index contributed by atoms with van der Waals surface area (Å²) in [5.41, 5.74) is 5.59. The van der Waals surface area contributed by atoms with E-state index in [-0.39, 0.29) is 17.7 Å². The quantitative estimate of drug-likeness (QED) is 0.480. The molecule has 1 atom stereocenters. The van der Waals surface area contributed by atoms with Gasteiger partial charge in [-0.1, -0.05) is 38.9 Å². The fourth-order valence-corrected chi connectivity index (χ4v) is 2.68. The van der Waals surface area contributed by atoms with Gasteiger partial charge in [-0.3, -0.25) is 4.79 Å². The summed E-state index contributed by atoms with van der Waals surface area (Å²) in [5.74, 6) is 1.02. The van der Waals surface area contributed by atoms with Gasteiger partial charge in [0, 0.05) is 6.54 Å². The molecule has 0 radical (unpaired) electrons. The molecule has 0 saturated carbocycles. The first kappa shape index (κ1) is 17.7. The van der Waals surface area contributed by atoms with Gasteiger partial charge in [-0.2, -0.15) is 11.8 Å². The minimum absolute atomic E-state index is 0.0263. The highest BCUT2D eigenvalue weighted by Crippen LogP contribution is 2.11. The molecule has 18 heavy (non-hydrogen) atoms. The second-order valence-corrected chi connectivity index (χ2v) is 6.28. The first-order valence-corrected chi connectivity index (χ1v) is 8.36. The third kappa shape index (κ3) is 7.93. The maximum absolute atomic E-state index is 11.9. The van der Waals surface area contributed by atoms with Gasteiger partial charge in [-0.25, -0.2) is 0 Å². The van der Waals surface area contributed by atoms with Crippen LogP contribution in [0, 0.1) is 11.8 Å². The van der Waals surface area contributed by atoms with E-state index in [0.717, 1.165) is 13.0 Å².